The molecule has 1 aromatic rings. The summed E-state index contributed by atoms with van der Waals surface area (Å²) >= 11 is 0. The number of rotatable bonds is 18. The summed E-state index contributed by atoms with van der Waals surface area (Å²) in [5.74, 6) is -4.93. The van der Waals surface area contributed by atoms with Gasteiger partial charge < -0.3 is 36.0 Å². The first-order valence-electron chi connectivity index (χ1n) is 18.9. The Morgan fingerprint density at radius 2 is 1.68 bits per heavy atom. The lowest BCUT2D eigenvalue weighted by Gasteiger charge is -2.36. The van der Waals surface area contributed by atoms with E-state index in [4.69, 9.17) is 4.74 Å². The van der Waals surface area contributed by atoms with Gasteiger partial charge >= 0.3 is 12.1 Å². The van der Waals surface area contributed by atoms with Crippen molar-refractivity contribution in [3.8, 4) is 0 Å². The number of amides is 5. The van der Waals surface area contributed by atoms with Crippen molar-refractivity contribution in [2.45, 2.75) is 108 Å². The number of allylic oxidation sites excluding steroid dienone is 1. The zero-order chi connectivity index (χ0) is 38.3. The first-order chi connectivity index (χ1) is 25.3. The highest BCUT2D eigenvalue weighted by Crippen LogP contribution is 2.69. The molecule has 0 radical (unpaired) electrons. The molecule has 5 amide bonds. The number of nitrogens with zero attached hydrogens (tertiary/aromatic N) is 1. The SMILES string of the molecule is C=CC[C@]12CCN(C(=O)C(NC(=O)OCC(C)C)C3CCCCC3)[C@@]1(C(=O)NC(CC1CC1)C(=O)C(=O)NCC(=O)NC(C(=O)O)c1ccccc1)C2. The fourth-order valence-corrected chi connectivity index (χ4v) is 8.18. The summed E-state index contributed by atoms with van der Waals surface area (Å²) in [7, 11) is 0. The van der Waals surface area contributed by atoms with Gasteiger partial charge in [0.05, 0.1) is 19.2 Å². The molecule has 5 N–H and O–H groups in total. The lowest BCUT2D eigenvalue weighted by atomic mass is 9.83. The predicted molar refractivity (Wildman–Crippen MR) is 193 cm³/mol. The summed E-state index contributed by atoms with van der Waals surface area (Å²) in [6, 6.07) is 4.60. The summed E-state index contributed by atoms with van der Waals surface area (Å²) in [4.78, 5) is 94.7. The van der Waals surface area contributed by atoms with E-state index >= 15 is 0 Å². The third kappa shape index (κ3) is 9.08. The molecule has 3 aliphatic carbocycles. The molecule has 0 spiro atoms. The second-order valence-corrected chi connectivity index (χ2v) is 15.6. The quantitative estimate of drug-likeness (QED) is 0.111. The second-order valence-electron chi connectivity index (χ2n) is 15.6. The van der Waals surface area contributed by atoms with Gasteiger partial charge in [0.1, 0.15) is 11.6 Å². The number of ketones is 1. The van der Waals surface area contributed by atoms with Crippen LogP contribution in [0.5, 0.6) is 0 Å². The number of nitrogens with one attached hydrogen (secondary N) is 4. The summed E-state index contributed by atoms with van der Waals surface area (Å²) in [6.07, 6.45) is 8.64. The Balaban J connectivity index is 1.29. The van der Waals surface area contributed by atoms with Crippen molar-refractivity contribution >= 4 is 41.5 Å². The maximum atomic E-state index is 14.5. The maximum Gasteiger partial charge on any atom is 0.407 e. The highest BCUT2D eigenvalue weighted by atomic mass is 16.5. The first-order valence-corrected chi connectivity index (χ1v) is 18.9. The third-order valence-electron chi connectivity index (χ3n) is 11.2. The molecule has 14 heteroatoms. The van der Waals surface area contributed by atoms with Gasteiger partial charge in [-0.3, -0.25) is 24.0 Å². The molecule has 14 nitrogen and oxygen atoms in total. The molecule has 5 rings (SSSR count). The first kappa shape index (κ1) is 39.5. The molecule has 1 saturated heterocycles. The van der Waals surface area contributed by atoms with Crippen LogP contribution >= 0.6 is 0 Å². The van der Waals surface area contributed by atoms with Gasteiger partial charge in [-0.1, -0.05) is 82.4 Å². The fourth-order valence-electron chi connectivity index (χ4n) is 8.18. The lowest BCUT2D eigenvalue weighted by molar-refractivity contribution is -0.146. The van der Waals surface area contributed by atoms with Gasteiger partial charge in [0.25, 0.3) is 5.91 Å². The molecule has 1 aliphatic heterocycles. The molecule has 0 bridgehead atoms. The average Bonchev–Trinajstić information content (AvgIpc) is 4.06. The minimum absolute atomic E-state index is 0.107. The van der Waals surface area contributed by atoms with Gasteiger partial charge in [0.2, 0.25) is 23.5 Å². The van der Waals surface area contributed by atoms with Crippen LogP contribution < -0.4 is 21.3 Å². The molecule has 288 valence electrons. The average molecular weight is 736 g/mol. The number of piperidine rings is 1. The highest BCUT2D eigenvalue weighted by Gasteiger charge is 2.78. The molecular weight excluding hydrogens is 682 g/mol. The van der Waals surface area contributed by atoms with E-state index in [9.17, 15) is 38.7 Å². The zero-order valence-corrected chi connectivity index (χ0v) is 30.7. The number of carbonyl (C=O) groups is 7. The van der Waals surface area contributed by atoms with Gasteiger partial charge in [-0.25, -0.2) is 9.59 Å². The Morgan fingerprint density at radius 3 is 2.30 bits per heavy atom. The number of carbonyl (C=O) groups excluding carboxylic acids is 6. The van der Waals surface area contributed by atoms with Crippen LogP contribution in [0.3, 0.4) is 0 Å². The maximum absolute atomic E-state index is 14.5. The van der Waals surface area contributed by atoms with Crippen molar-refractivity contribution in [3.05, 3.63) is 48.6 Å². The Labute approximate surface area is 310 Å². The third-order valence-corrected chi connectivity index (χ3v) is 11.2. The summed E-state index contributed by atoms with van der Waals surface area (Å²) in [6.45, 7) is 7.55. The second kappa shape index (κ2) is 16.9. The molecule has 1 aromatic carbocycles. The van der Waals surface area contributed by atoms with E-state index in [-0.39, 0.29) is 43.2 Å². The molecule has 4 aliphatic rings. The molecular formula is C39H53N5O9. The van der Waals surface area contributed by atoms with Gasteiger partial charge in [0, 0.05) is 12.0 Å². The van der Waals surface area contributed by atoms with Crippen LogP contribution in [-0.2, 0) is 33.5 Å². The number of carboxylic acid groups (broad SMARTS) is 1. The summed E-state index contributed by atoms with van der Waals surface area (Å²) in [5.41, 5.74) is -1.56. The minimum atomic E-state index is -1.36. The molecule has 3 unspecified atom stereocenters. The van der Waals surface area contributed by atoms with Crippen molar-refractivity contribution in [2.24, 2.45) is 23.2 Å². The molecule has 0 aromatic heterocycles. The number of aliphatic carboxylic acids is 1. The van der Waals surface area contributed by atoms with Crippen LogP contribution in [0.4, 0.5) is 4.79 Å². The Hall–Kier alpha value is -4.75. The van der Waals surface area contributed by atoms with Crippen molar-refractivity contribution in [3.63, 3.8) is 0 Å². The minimum Gasteiger partial charge on any atom is -0.479 e. The van der Waals surface area contributed by atoms with E-state index in [0.29, 0.717) is 24.8 Å². The topological polar surface area (TPSA) is 200 Å². The predicted octanol–water partition coefficient (Wildman–Crippen LogP) is 3.17. The molecule has 1 heterocycles. The number of likely N-dealkylation sites (tertiary alicyclic amines) is 1. The normalized spacial score (nSPS) is 23.8. The van der Waals surface area contributed by atoms with Gasteiger partial charge in [-0.05, 0) is 61.8 Å². The fraction of sp³-hybridized carbons (Fsp3) is 0.615. The van der Waals surface area contributed by atoms with Crippen molar-refractivity contribution in [1.82, 2.24) is 26.2 Å². The van der Waals surface area contributed by atoms with Crippen molar-refractivity contribution in [2.75, 3.05) is 19.7 Å². The zero-order valence-electron chi connectivity index (χ0n) is 30.7. The number of benzene rings is 1. The van der Waals surface area contributed by atoms with Crippen LogP contribution in [0.2, 0.25) is 0 Å². The number of carboxylic acids is 1. The summed E-state index contributed by atoms with van der Waals surface area (Å²) in [5, 5.41) is 19.9. The lowest BCUT2D eigenvalue weighted by Crippen LogP contribution is -2.60. The van der Waals surface area contributed by atoms with E-state index in [1.807, 2.05) is 13.8 Å². The van der Waals surface area contributed by atoms with E-state index in [0.717, 1.165) is 44.9 Å². The Morgan fingerprint density at radius 1 is 0.981 bits per heavy atom. The van der Waals surface area contributed by atoms with Gasteiger partial charge in [-0.15, -0.1) is 6.58 Å². The van der Waals surface area contributed by atoms with E-state index in [1.165, 1.54) is 0 Å². The number of hydrogen-bond acceptors (Lipinski definition) is 8. The van der Waals surface area contributed by atoms with Gasteiger partial charge in [0.15, 0.2) is 6.04 Å². The van der Waals surface area contributed by atoms with Crippen LogP contribution in [0.25, 0.3) is 0 Å². The monoisotopic (exact) mass is 735 g/mol. The van der Waals surface area contributed by atoms with Crippen LogP contribution in [0.15, 0.2) is 43.0 Å². The number of hydrogen-bond donors (Lipinski definition) is 5. The van der Waals surface area contributed by atoms with E-state index in [2.05, 4.69) is 27.8 Å². The smallest absolute Gasteiger partial charge is 0.407 e. The number of fused-ring (bicyclic) bond motifs is 1. The molecule has 3 saturated carbocycles. The summed E-state index contributed by atoms with van der Waals surface area (Å²) < 4.78 is 5.39. The number of alkyl carbamates (subject to hydrolysis) is 1. The molecule has 5 atom stereocenters. The highest BCUT2D eigenvalue weighted by molar-refractivity contribution is 6.38. The van der Waals surface area contributed by atoms with Crippen LogP contribution in [0, 0.1) is 23.2 Å². The Bertz CT molecular complexity index is 1570. The van der Waals surface area contributed by atoms with Crippen molar-refractivity contribution in [1.29, 1.82) is 0 Å². The van der Waals surface area contributed by atoms with E-state index < -0.39 is 71.2 Å². The standard InChI is InChI=1S/C39H53N5O9/c1-4-17-38-18-19-44(34(48)30(26-11-7-5-8-12-26)43-37(52)53-22-24(2)3)39(38,23-38)36(51)41-28(20-25-15-16-25)32(46)33(47)40-21-29(45)42-31(35(49)50)27-13-9-6-10-14-27/h4,6,9-10,13-14,24-26,28,30-31H,1,5,7-8,11-12,15-23H2,2-3H3,(H,40,47)(H,41,51)(H,42,45)(H,43,52)(H,49,50)/t28?,30?,31?,38-,39-/m1/s1. The molecule has 53 heavy (non-hydrogen) atoms. The molecule has 4 fully saturated rings. The number of Topliss-reactive ketones (excluding diaryl/α,β-unsaturated/α-hetero) is 1. The largest absolute Gasteiger partial charge is 0.479 e. The Kier molecular flexibility index (Phi) is 12.6. The van der Waals surface area contributed by atoms with Crippen LogP contribution in [0.1, 0.15) is 96.1 Å². The number of ether oxygens (including phenoxy) is 1. The van der Waals surface area contributed by atoms with E-state index in [1.54, 1.807) is 41.3 Å². The van der Waals surface area contributed by atoms with Gasteiger partial charge in [-0.2, -0.15) is 0 Å². The van der Waals surface area contributed by atoms with Crippen molar-refractivity contribution < 1.29 is 43.4 Å². The van der Waals surface area contributed by atoms with Crippen LogP contribution in [-0.4, -0.2) is 88.8 Å².